The minimum absolute atomic E-state index is 0.598. The van der Waals surface area contributed by atoms with Crippen LogP contribution >= 0.6 is 0 Å². The Labute approximate surface area is 110 Å². The average Bonchev–Trinajstić information content (AvgIpc) is 2.92. The number of pyridine rings is 1. The van der Waals surface area contributed by atoms with E-state index in [2.05, 4.69) is 49.1 Å². The number of tetrazole rings is 1. The zero-order valence-corrected chi connectivity index (χ0v) is 10.6. The summed E-state index contributed by atoms with van der Waals surface area (Å²) < 4.78 is 0. The summed E-state index contributed by atoms with van der Waals surface area (Å²) >= 11 is 0. The molecule has 0 aliphatic rings. The highest BCUT2D eigenvalue weighted by atomic mass is 15.5. The van der Waals surface area contributed by atoms with Gasteiger partial charge in [0.05, 0.1) is 12.1 Å². The van der Waals surface area contributed by atoms with Crippen LogP contribution in [0, 0.1) is 6.92 Å². The molecule has 96 valence electrons. The molecule has 19 heavy (non-hydrogen) atoms. The Kier molecular flexibility index (Phi) is 3.16. The van der Waals surface area contributed by atoms with E-state index in [0.717, 1.165) is 23.1 Å². The average molecular weight is 254 g/mol. The van der Waals surface area contributed by atoms with Crippen molar-refractivity contribution in [2.24, 2.45) is 0 Å². The Bertz CT molecular complexity index is 677. The van der Waals surface area contributed by atoms with Crippen LogP contribution in [0.2, 0.25) is 0 Å². The van der Waals surface area contributed by atoms with Crippen LogP contribution in [0.1, 0.15) is 17.1 Å². The standard InChI is InChI=1S/C13H14N6/c1-9-2-4-11-6-10(3-5-12(11)15-9)7-14-8-13-16-18-19-17-13/h2-6,14H,7-8H2,1H3,(H,16,17,18,19). The third-order valence-electron chi connectivity index (χ3n) is 2.89. The van der Waals surface area contributed by atoms with Crippen LogP contribution in [-0.2, 0) is 13.1 Å². The quantitative estimate of drug-likeness (QED) is 0.734. The summed E-state index contributed by atoms with van der Waals surface area (Å²) in [7, 11) is 0. The van der Waals surface area contributed by atoms with E-state index < -0.39 is 0 Å². The monoisotopic (exact) mass is 254 g/mol. The van der Waals surface area contributed by atoms with E-state index in [1.807, 2.05) is 19.1 Å². The SMILES string of the molecule is Cc1ccc2cc(CNCc3nn[nH]n3)ccc2n1. The number of H-pyrrole nitrogens is 1. The predicted molar refractivity (Wildman–Crippen MR) is 71.2 cm³/mol. The van der Waals surface area contributed by atoms with Crippen LogP contribution in [0.5, 0.6) is 0 Å². The summed E-state index contributed by atoms with van der Waals surface area (Å²) in [4.78, 5) is 4.48. The Hall–Kier alpha value is -2.34. The van der Waals surface area contributed by atoms with Crippen molar-refractivity contribution in [1.29, 1.82) is 0 Å². The molecule has 0 fully saturated rings. The van der Waals surface area contributed by atoms with E-state index in [0.29, 0.717) is 12.4 Å². The van der Waals surface area contributed by atoms with Crippen LogP contribution in [0.4, 0.5) is 0 Å². The molecule has 0 atom stereocenters. The second kappa shape index (κ2) is 5.11. The van der Waals surface area contributed by atoms with E-state index >= 15 is 0 Å². The van der Waals surface area contributed by atoms with Crippen molar-refractivity contribution >= 4 is 10.9 Å². The van der Waals surface area contributed by atoms with Crippen molar-refractivity contribution < 1.29 is 0 Å². The van der Waals surface area contributed by atoms with E-state index in [9.17, 15) is 0 Å². The highest BCUT2D eigenvalue weighted by molar-refractivity contribution is 5.79. The molecule has 6 heteroatoms. The van der Waals surface area contributed by atoms with Crippen molar-refractivity contribution in [2.75, 3.05) is 0 Å². The molecule has 1 aromatic carbocycles. The van der Waals surface area contributed by atoms with Crippen molar-refractivity contribution in [3.05, 3.63) is 47.4 Å². The van der Waals surface area contributed by atoms with Gasteiger partial charge in [-0.2, -0.15) is 5.21 Å². The van der Waals surface area contributed by atoms with E-state index in [1.165, 1.54) is 5.56 Å². The first-order chi connectivity index (χ1) is 9.31. The number of aromatic nitrogens is 5. The molecule has 0 saturated heterocycles. The first-order valence-corrected chi connectivity index (χ1v) is 6.10. The summed E-state index contributed by atoms with van der Waals surface area (Å²) in [6.45, 7) is 3.36. The van der Waals surface area contributed by atoms with Crippen LogP contribution in [0.25, 0.3) is 10.9 Å². The molecule has 0 aliphatic heterocycles. The van der Waals surface area contributed by atoms with Gasteiger partial charge in [-0.15, -0.1) is 10.2 Å². The van der Waals surface area contributed by atoms with Crippen molar-refractivity contribution in [3.8, 4) is 0 Å². The molecular formula is C13H14N6. The molecular weight excluding hydrogens is 240 g/mol. The molecule has 2 heterocycles. The molecule has 0 unspecified atom stereocenters. The van der Waals surface area contributed by atoms with E-state index in [1.54, 1.807) is 0 Å². The fraction of sp³-hybridized carbons (Fsp3) is 0.231. The van der Waals surface area contributed by atoms with Gasteiger partial charge >= 0.3 is 0 Å². The summed E-state index contributed by atoms with van der Waals surface area (Å²) in [6, 6.07) is 10.4. The van der Waals surface area contributed by atoms with Crippen LogP contribution in [0.15, 0.2) is 30.3 Å². The minimum atomic E-state index is 0.598. The second-order valence-corrected chi connectivity index (χ2v) is 4.41. The van der Waals surface area contributed by atoms with Gasteiger partial charge < -0.3 is 5.32 Å². The number of nitrogens with one attached hydrogen (secondary N) is 2. The molecule has 2 aromatic heterocycles. The largest absolute Gasteiger partial charge is 0.306 e. The molecule has 3 rings (SSSR count). The Balaban J connectivity index is 1.69. The van der Waals surface area contributed by atoms with Crippen molar-refractivity contribution in [2.45, 2.75) is 20.0 Å². The highest BCUT2D eigenvalue weighted by Crippen LogP contribution is 2.14. The number of nitrogens with zero attached hydrogens (tertiary/aromatic N) is 4. The lowest BCUT2D eigenvalue weighted by atomic mass is 10.1. The number of rotatable bonds is 4. The molecule has 3 aromatic rings. The van der Waals surface area contributed by atoms with Crippen LogP contribution < -0.4 is 5.32 Å². The number of aromatic amines is 1. The van der Waals surface area contributed by atoms with Gasteiger partial charge in [-0.25, -0.2) is 0 Å². The predicted octanol–water partition coefficient (Wildman–Crippen LogP) is 1.35. The van der Waals surface area contributed by atoms with E-state index in [-0.39, 0.29) is 0 Å². The molecule has 0 amide bonds. The number of fused-ring (bicyclic) bond motifs is 1. The number of benzene rings is 1. The fourth-order valence-electron chi connectivity index (χ4n) is 1.96. The van der Waals surface area contributed by atoms with Crippen molar-refractivity contribution in [1.82, 2.24) is 30.9 Å². The zero-order chi connectivity index (χ0) is 13.1. The minimum Gasteiger partial charge on any atom is -0.306 e. The second-order valence-electron chi connectivity index (χ2n) is 4.41. The first kappa shape index (κ1) is 11.7. The third kappa shape index (κ3) is 2.74. The topological polar surface area (TPSA) is 79.4 Å². The smallest absolute Gasteiger partial charge is 0.188 e. The summed E-state index contributed by atoms with van der Waals surface area (Å²) in [5, 5.41) is 18.1. The number of hydrogen-bond donors (Lipinski definition) is 2. The lowest BCUT2D eigenvalue weighted by Gasteiger charge is -2.04. The normalized spacial score (nSPS) is 11.0. The highest BCUT2D eigenvalue weighted by Gasteiger charge is 2.00. The van der Waals surface area contributed by atoms with Gasteiger partial charge in [-0.1, -0.05) is 17.3 Å². The number of hydrogen-bond acceptors (Lipinski definition) is 5. The molecule has 2 N–H and O–H groups in total. The number of aryl methyl sites for hydroxylation is 1. The summed E-state index contributed by atoms with van der Waals surface area (Å²) in [5.74, 6) is 0.665. The Morgan fingerprint density at radius 1 is 1.16 bits per heavy atom. The maximum absolute atomic E-state index is 4.48. The summed E-state index contributed by atoms with van der Waals surface area (Å²) in [5.41, 5.74) is 3.28. The van der Waals surface area contributed by atoms with Gasteiger partial charge in [-0.05, 0) is 30.7 Å². The van der Waals surface area contributed by atoms with Gasteiger partial charge in [0.15, 0.2) is 5.82 Å². The maximum Gasteiger partial charge on any atom is 0.188 e. The first-order valence-electron chi connectivity index (χ1n) is 6.10. The molecule has 6 nitrogen and oxygen atoms in total. The van der Waals surface area contributed by atoms with Crippen molar-refractivity contribution in [3.63, 3.8) is 0 Å². The maximum atomic E-state index is 4.48. The lowest BCUT2D eigenvalue weighted by molar-refractivity contribution is 0.664. The lowest BCUT2D eigenvalue weighted by Crippen LogP contribution is -2.13. The Morgan fingerprint density at radius 2 is 2.11 bits per heavy atom. The molecule has 0 spiro atoms. The van der Waals surface area contributed by atoms with E-state index in [4.69, 9.17) is 0 Å². The fourth-order valence-corrected chi connectivity index (χ4v) is 1.96. The van der Waals surface area contributed by atoms with Gasteiger partial charge in [0, 0.05) is 17.6 Å². The van der Waals surface area contributed by atoms with Gasteiger partial charge in [0.25, 0.3) is 0 Å². The Morgan fingerprint density at radius 3 is 2.95 bits per heavy atom. The molecule has 0 bridgehead atoms. The molecule has 0 saturated carbocycles. The van der Waals surface area contributed by atoms with Gasteiger partial charge in [-0.3, -0.25) is 4.98 Å². The third-order valence-corrected chi connectivity index (χ3v) is 2.89. The molecule has 0 radical (unpaired) electrons. The van der Waals surface area contributed by atoms with Gasteiger partial charge in [0.1, 0.15) is 0 Å². The molecule has 0 aliphatic carbocycles. The van der Waals surface area contributed by atoms with Crippen LogP contribution in [-0.4, -0.2) is 25.6 Å². The zero-order valence-electron chi connectivity index (χ0n) is 10.6. The van der Waals surface area contributed by atoms with Gasteiger partial charge in [0.2, 0.25) is 0 Å². The van der Waals surface area contributed by atoms with Crippen LogP contribution in [0.3, 0.4) is 0 Å². The summed E-state index contributed by atoms with van der Waals surface area (Å²) in [6.07, 6.45) is 0.